The van der Waals surface area contributed by atoms with Crippen molar-refractivity contribution < 1.29 is 9.47 Å². The molecule has 0 saturated carbocycles. The summed E-state index contributed by atoms with van der Waals surface area (Å²) < 4.78 is 12.1. The Labute approximate surface area is 130 Å². The van der Waals surface area contributed by atoms with E-state index in [9.17, 15) is 0 Å². The predicted octanol–water partition coefficient (Wildman–Crippen LogP) is 4.26. The molecule has 1 atom stereocenters. The van der Waals surface area contributed by atoms with Crippen LogP contribution in [0.25, 0.3) is 10.8 Å². The van der Waals surface area contributed by atoms with E-state index >= 15 is 0 Å². The van der Waals surface area contributed by atoms with E-state index in [1.165, 1.54) is 16.3 Å². The molecular formula is C20H18O2. The van der Waals surface area contributed by atoms with Crippen LogP contribution in [-0.2, 0) is 21.7 Å². The van der Waals surface area contributed by atoms with Gasteiger partial charge in [0, 0.05) is 18.2 Å². The Bertz CT molecular complexity index is 810. The van der Waals surface area contributed by atoms with Crippen LogP contribution >= 0.6 is 0 Å². The van der Waals surface area contributed by atoms with Crippen LogP contribution in [0.4, 0.5) is 0 Å². The largest absolute Gasteiger partial charge is 0.346 e. The number of methoxy groups -OCH3 is 1. The molecule has 0 N–H and O–H groups in total. The second-order valence-corrected chi connectivity index (χ2v) is 5.60. The van der Waals surface area contributed by atoms with Gasteiger partial charge in [0.1, 0.15) is 0 Å². The Balaban J connectivity index is 2.01. The van der Waals surface area contributed by atoms with E-state index in [-0.39, 0.29) is 0 Å². The molecule has 2 heteroatoms. The number of fused-ring (bicyclic) bond motifs is 3. The molecule has 0 spiro atoms. The molecule has 3 aromatic carbocycles. The normalized spacial score (nSPS) is 20.8. The Hall–Kier alpha value is -2.16. The van der Waals surface area contributed by atoms with Crippen molar-refractivity contribution >= 4 is 10.8 Å². The highest BCUT2D eigenvalue weighted by Crippen LogP contribution is 2.41. The van der Waals surface area contributed by atoms with Gasteiger partial charge < -0.3 is 9.47 Å². The van der Waals surface area contributed by atoms with E-state index in [0.29, 0.717) is 6.61 Å². The van der Waals surface area contributed by atoms with Crippen LogP contribution in [-0.4, -0.2) is 13.7 Å². The minimum absolute atomic E-state index is 0.656. The molecule has 0 bridgehead atoms. The molecule has 0 radical (unpaired) electrons. The van der Waals surface area contributed by atoms with E-state index in [1.54, 1.807) is 7.11 Å². The molecule has 0 fully saturated rings. The number of hydrogen-bond donors (Lipinski definition) is 0. The van der Waals surface area contributed by atoms with Gasteiger partial charge in [-0.05, 0) is 22.8 Å². The first-order chi connectivity index (χ1) is 10.8. The number of hydrogen-bond acceptors (Lipinski definition) is 2. The van der Waals surface area contributed by atoms with Crippen molar-refractivity contribution in [1.29, 1.82) is 0 Å². The fourth-order valence-corrected chi connectivity index (χ4v) is 3.47. The molecule has 0 unspecified atom stereocenters. The lowest BCUT2D eigenvalue weighted by Gasteiger charge is -2.38. The molecule has 0 amide bonds. The van der Waals surface area contributed by atoms with Gasteiger partial charge in [0.25, 0.3) is 0 Å². The first-order valence-corrected chi connectivity index (χ1v) is 7.61. The standard InChI is InChI=1S/C20H18O2/c1-21-20(16-8-3-2-4-9-16)19-12-11-15-7-5-6-10-17(15)18(19)13-14-22-20/h2-12H,13-14H2,1H3/t20-/m1/s1. The van der Waals surface area contributed by atoms with Crippen molar-refractivity contribution in [3.8, 4) is 0 Å². The lowest BCUT2D eigenvalue weighted by Crippen LogP contribution is -2.38. The Morgan fingerprint density at radius 3 is 2.50 bits per heavy atom. The molecule has 0 aliphatic carbocycles. The third-order valence-corrected chi connectivity index (χ3v) is 4.49. The van der Waals surface area contributed by atoms with Crippen molar-refractivity contribution in [2.45, 2.75) is 12.2 Å². The monoisotopic (exact) mass is 290 g/mol. The SMILES string of the molecule is CO[C@]1(c2ccccc2)OCCc2c1ccc1ccccc21. The van der Waals surface area contributed by atoms with Crippen molar-refractivity contribution in [3.63, 3.8) is 0 Å². The van der Waals surface area contributed by atoms with Gasteiger partial charge in [-0.2, -0.15) is 0 Å². The molecule has 0 aromatic heterocycles. The van der Waals surface area contributed by atoms with Crippen LogP contribution in [0.15, 0.2) is 66.7 Å². The van der Waals surface area contributed by atoms with Crippen LogP contribution in [0.2, 0.25) is 0 Å². The van der Waals surface area contributed by atoms with Gasteiger partial charge >= 0.3 is 0 Å². The highest BCUT2D eigenvalue weighted by atomic mass is 16.7. The van der Waals surface area contributed by atoms with E-state index in [1.807, 2.05) is 18.2 Å². The van der Waals surface area contributed by atoms with Gasteiger partial charge in [-0.25, -0.2) is 0 Å². The highest BCUT2D eigenvalue weighted by molar-refractivity contribution is 5.87. The van der Waals surface area contributed by atoms with Gasteiger partial charge in [-0.1, -0.05) is 66.7 Å². The number of rotatable bonds is 2. The average Bonchev–Trinajstić information content (AvgIpc) is 2.61. The fraction of sp³-hybridized carbons (Fsp3) is 0.200. The summed E-state index contributed by atoms with van der Waals surface area (Å²) in [5, 5.41) is 2.56. The fourth-order valence-electron chi connectivity index (χ4n) is 3.47. The van der Waals surface area contributed by atoms with Crippen LogP contribution in [0.5, 0.6) is 0 Å². The third-order valence-electron chi connectivity index (χ3n) is 4.49. The number of ether oxygens (including phenoxy) is 2. The summed E-state index contributed by atoms with van der Waals surface area (Å²) >= 11 is 0. The summed E-state index contributed by atoms with van der Waals surface area (Å²) in [6.45, 7) is 0.656. The van der Waals surface area contributed by atoms with Crippen LogP contribution in [0.1, 0.15) is 16.7 Å². The van der Waals surface area contributed by atoms with Gasteiger partial charge in [0.15, 0.2) is 0 Å². The summed E-state index contributed by atoms with van der Waals surface area (Å²) in [5.74, 6) is -0.807. The van der Waals surface area contributed by atoms with E-state index in [4.69, 9.17) is 9.47 Å². The summed E-state index contributed by atoms with van der Waals surface area (Å²) in [6.07, 6.45) is 0.911. The molecule has 4 rings (SSSR count). The Morgan fingerprint density at radius 2 is 1.68 bits per heavy atom. The molecule has 0 saturated heterocycles. The minimum atomic E-state index is -0.807. The molecule has 3 aromatic rings. The third kappa shape index (κ3) is 1.88. The molecule has 1 aliphatic rings. The van der Waals surface area contributed by atoms with Crippen LogP contribution in [0.3, 0.4) is 0 Å². The van der Waals surface area contributed by atoms with Crippen molar-refractivity contribution in [2.24, 2.45) is 0 Å². The van der Waals surface area contributed by atoms with Gasteiger partial charge in [0.05, 0.1) is 6.61 Å². The first-order valence-electron chi connectivity index (χ1n) is 7.61. The van der Waals surface area contributed by atoms with Crippen molar-refractivity contribution in [2.75, 3.05) is 13.7 Å². The second kappa shape index (κ2) is 5.24. The van der Waals surface area contributed by atoms with Gasteiger partial charge in [-0.15, -0.1) is 0 Å². The minimum Gasteiger partial charge on any atom is -0.346 e. The number of benzene rings is 3. The Morgan fingerprint density at radius 1 is 0.909 bits per heavy atom. The molecule has 2 nitrogen and oxygen atoms in total. The van der Waals surface area contributed by atoms with E-state index in [2.05, 4.69) is 48.5 Å². The van der Waals surface area contributed by atoms with Crippen molar-refractivity contribution in [1.82, 2.24) is 0 Å². The predicted molar refractivity (Wildman–Crippen MR) is 87.8 cm³/mol. The molecule has 1 heterocycles. The summed E-state index contributed by atoms with van der Waals surface area (Å²) in [6, 6.07) is 23.0. The lowest BCUT2D eigenvalue weighted by atomic mass is 9.86. The molecular weight excluding hydrogens is 272 g/mol. The molecule has 22 heavy (non-hydrogen) atoms. The second-order valence-electron chi connectivity index (χ2n) is 5.60. The molecule has 1 aliphatic heterocycles. The van der Waals surface area contributed by atoms with E-state index in [0.717, 1.165) is 17.5 Å². The first kappa shape index (κ1) is 13.5. The average molecular weight is 290 g/mol. The quantitative estimate of drug-likeness (QED) is 0.702. The van der Waals surface area contributed by atoms with E-state index < -0.39 is 5.79 Å². The maximum atomic E-state index is 6.15. The Kier molecular flexibility index (Phi) is 3.21. The zero-order valence-electron chi connectivity index (χ0n) is 12.6. The summed E-state index contributed by atoms with van der Waals surface area (Å²) in [7, 11) is 1.72. The summed E-state index contributed by atoms with van der Waals surface area (Å²) in [5.41, 5.74) is 3.48. The highest BCUT2D eigenvalue weighted by Gasteiger charge is 2.40. The van der Waals surface area contributed by atoms with Gasteiger partial charge in [0.2, 0.25) is 5.79 Å². The lowest BCUT2D eigenvalue weighted by molar-refractivity contribution is -0.208. The van der Waals surface area contributed by atoms with Crippen LogP contribution < -0.4 is 0 Å². The zero-order chi connectivity index (χ0) is 15.0. The van der Waals surface area contributed by atoms with Gasteiger partial charge in [-0.3, -0.25) is 0 Å². The topological polar surface area (TPSA) is 18.5 Å². The zero-order valence-corrected chi connectivity index (χ0v) is 12.6. The molecule has 110 valence electrons. The summed E-state index contributed by atoms with van der Waals surface area (Å²) in [4.78, 5) is 0. The van der Waals surface area contributed by atoms with Crippen LogP contribution in [0, 0.1) is 0 Å². The maximum absolute atomic E-state index is 6.15. The maximum Gasteiger partial charge on any atom is 0.222 e. The smallest absolute Gasteiger partial charge is 0.222 e. The van der Waals surface area contributed by atoms with Crippen molar-refractivity contribution in [3.05, 3.63) is 83.4 Å².